The zero-order valence-corrected chi connectivity index (χ0v) is 14.0. The van der Waals surface area contributed by atoms with E-state index in [4.69, 9.17) is 5.73 Å². The number of carbonyl (C=O) groups is 1. The average Bonchev–Trinajstić information content (AvgIpc) is 2.50. The van der Waals surface area contributed by atoms with Crippen LogP contribution in [0.3, 0.4) is 0 Å². The molecule has 2 nitrogen and oxygen atoms in total. The second-order valence-electron chi connectivity index (χ2n) is 6.30. The first-order chi connectivity index (χ1) is 10.5. The van der Waals surface area contributed by atoms with Crippen molar-refractivity contribution < 1.29 is 4.79 Å². The Morgan fingerprint density at radius 3 is 2.36 bits per heavy atom. The van der Waals surface area contributed by atoms with Crippen molar-refractivity contribution in [3.63, 3.8) is 0 Å². The molecule has 0 saturated heterocycles. The molecular formula is C20H27NO. The third-order valence-corrected chi connectivity index (χ3v) is 4.56. The van der Waals surface area contributed by atoms with Crippen molar-refractivity contribution in [1.29, 1.82) is 0 Å². The third-order valence-electron chi connectivity index (χ3n) is 4.56. The normalized spacial score (nSPS) is 18.3. The molecule has 22 heavy (non-hydrogen) atoms. The standard InChI is InChI=1S/C20H27NO/c1-4-6-15-7-9-16(10-8-15)12-18-13-19(20(21)22)17(5-2)11-14(18)3/h7-10,13-14H,4-6,11-12H2,1-3H3,(H2,21,22). The van der Waals surface area contributed by atoms with E-state index in [1.807, 2.05) is 6.08 Å². The Balaban J connectivity index is 2.20. The Hall–Kier alpha value is -1.83. The molecule has 1 aliphatic rings. The summed E-state index contributed by atoms with van der Waals surface area (Å²) in [5.74, 6) is 0.188. The molecule has 0 aromatic heterocycles. The minimum atomic E-state index is -0.292. The van der Waals surface area contributed by atoms with Crippen molar-refractivity contribution in [3.05, 3.63) is 58.2 Å². The molecule has 0 heterocycles. The Kier molecular flexibility index (Phi) is 5.59. The topological polar surface area (TPSA) is 43.1 Å². The zero-order valence-electron chi connectivity index (χ0n) is 14.0. The molecule has 0 aliphatic heterocycles. The highest BCUT2D eigenvalue weighted by molar-refractivity contribution is 5.96. The van der Waals surface area contributed by atoms with Crippen LogP contribution in [0.4, 0.5) is 0 Å². The summed E-state index contributed by atoms with van der Waals surface area (Å²) in [6.07, 6.45) is 7.10. The van der Waals surface area contributed by atoms with Crippen LogP contribution in [0, 0.1) is 5.92 Å². The van der Waals surface area contributed by atoms with Gasteiger partial charge in [0.05, 0.1) is 0 Å². The summed E-state index contributed by atoms with van der Waals surface area (Å²) in [6.45, 7) is 6.53. The summed E-state index contributed by atoms with van der Waals surface area (Å²) in [7, 11) is 0. The maximum Gasteiger partial charge on any atom is 0.248 e. The van der Waals surface area contributed by atoms with E-state index in [-0.39, 0.29) is 5.91 Å². The second-order valence-corrected chi connectivity index (χ2v) is 6.30. The van der Waals surface area contributed by atoms with Crippen LogP contribution in [0.5, 0.6) is 0 Å². The van der Waals surface area contributed by atoms with Crippen molar-refractivity contribution in [2.75, 3.05) is 0 Å². The molecule has 1 unspecified atom stereocenters. The highest BCUT2D eigenvalue weighted by Crippen LogP contribution is 2.32. The van der Waals surface area contributed by atoms with E-state index >= 15 is 0 Å². The largest absolute Gasteiger partial charge is 0.366 e. The number of nitrogens with two attached hydrogens (primary N) is 1. The van der Waals surface area contributed by atoms with Crippen LogP contribution in [-0.4, -0.2) is 5.91 Å². The van der Waals surface area contributed by atoms with Crippen LogP contribution in [0.15, 0.2) is 47.1 Å². The van der Waals surface area contributed by atoms with Crippen LogP contribution >= 0.6 is 0 Å². The van der Waals surface area contributed by atoms with Gasteiger partial charge in [-0.1, -0.05) is 62.6 Å². The number of aryl methyl sites for hydroxylation is 1. The van der Waals surface area contributed by atoms with E-state index in [1.165, 1.54) is 28.7 Å². The molecular weight excluding hydrogens is 270 g/mol. The molecule has 2 heteroatoms. The molecule has 2 N–H and O–H groups in total. The first kappa shape index (κ1) is 16.5. The number of allylic oxidation sites excluding steroid dienone is 2. The van der Waals surface area contributed by atoms with Gasteiger partial charge in [0.2, 0.25) is 5.91 Å². The fraction of sp³-hybridized carbons (Fsp3) is 0.450. The van der Waals surface area contributed by atoms with Crippen LogP contribution in [-0.2, 0) is 17.6 Å². The summed E-state index contributed by atoms with van der Waals surface area (Å²) in [5.41, 5.74) is 11.5. The maximum atomic E-state index is 11.7. The summed E-state index contributed by atoms with van der Waals surface area (Å²) < 4.78 is 0. The molecule has 0 saturated carbocycles. The molecule has 0 fully saturated rings. The van der Waals surface area contributed by atoms with Gasteiger partial charge in [-0.25, -0.2) is 0 Å². The molecule has 1 aromatic carbocycles. The highest BCUT2D eigenvalue weighted by atomic mass is 16.1. The van der Waals surface area contributed by atoms with Crippen LogP contribution < -0.4 is 5.73 Å². The summed E-state index contributed by atoms with van der Waals surface area (Å²) in [5, 5.41) is 0. The van der Waals surface area contributed by atoms with Crippen molar-refractivity contribution in [1.82, 2.24) is 0 Å². The molecule has 0 bridgehead atoms. The van der Waals surface area contributed by atoms with Gasteiger partial charge in [-0.05, 0) is 48.8 Å². The molecule has 2 rings (SSSR count). The van der Waals surface area contributed by atoms with Gasteiger partial charge >= 0.3 is 0 Å². The molecule has 1 atom stereocenters. The number of primary amides is 1. The number of carbonyl (C=O) groups excluding carboxylic acids is 1. The van der Waals surface area contributed by atoms with Gasteiger partial charge in [-0.3, -0.25) is 4.79 Å². The number of benzene rings is 1. The lowest BCUT2D eigenvalue weighted by atomic mass is 9.81. The first-order valence-corrected chi connectivity index (χ1v) is 8.35. The first-order valence-electron chi connectivity index (χ1n) is 8.35. The van der Waals surface area contributed by atoms with E-state index in [0.717, 1.165) is 31.3 Å². The number of hydrogen-bond acceptors (Lipinski definition) is 1. The smallest absolute Gasteiger partial charge is 0.248 e. The minimum Gasteiger partial charge on any atom is -0.366 e. The van der Waals surface area contributed by atoms with E-state index in [0.29, 0.717) is 5.92 Å². The summed E-state index contributed by atoms with van der Waals surface area (Å²) >= 11 is 0. The Morgan fingerprint density at radius 1 is 1.18 bits per heavy atom. The molecule has 118 valence electrons. The van der Waals surface area contributed by atoms with Gasteiger partial charge in [0, 0.05) is 5.57 Å². The van der Waals surface area contributed by atoms with Gasteiger partial charge in [0.25, 0.3) is 0 Å². The van der Waals surface area contributed by atoms with Gasteiger partial charge < -0.3 is 5.73 Å². The molecule has 1 aromatic rings. The van der Waals surface area contributed by atoms with Crippen molar-refractivity contribution in [2.45, 2.75) is 52.9 Å². The number of amides is 1. The SMILES string of the molecule is CCCc1ccc(CC2=CC(C(N)=O)=C(CC)CC2C)cc1. The lowest BCUT2D eigenvalue weighted by Gasteiger charge is -2.24. The van der Waals surface area contributed by atoms with E-state index in [2.05, 4.69) is 45.0 Å². The molecule has 0 spiro atoms. The van der Waals surface area contributed by atoms with Crippen LogP contribution in [0.1, 0.15) is 51.2 Å². The van der Waals surface area contributed by atoms with Crippen molar-refractivity contribution in [2.24, 2.45) is 11.7 Å². The van der Waals surface area contributed by atoms with E-state index in [1.54, 1.807) is 0 Å². The maximum absolute atomic E-state index is 11.7. The Morgan fingerprint density at radius 2 is 1.82 bits per heavy atom. The van der Waals surface area contributed by atoms with Gasteiger partial charge in [0.15, 0.2) is 0 Å². The highest BCUT2D eigenvalue weighted by Gasteiger charge is 2.21. The summed E-state index contributed by atoms with van der Waals surface area (Å²) in [4.78, 5) is 11.7. The third kappa shape index (κ3) is 3.88. The molecule has 1 aliphatic carbocycles. The lowest BCUT2D eigenvalue weighted by Crippen LogP contribution is -2.20. The average molecular weight is 297 g/mol. The second kappa shape index (κ2) is 7.44. The fourth-order valence-electron chi connectivity index (χ4n) is 3.19. The zero-order chi connectivity index (χ0) is 16.1. The fourth-order valence-corrected chi connectivity index (χ4v) is 3.19. The Bertz CT molecular complexity index is 593. The predicted molar refractivity (Wildman–Crippen MR) is 92.5 cm³/mol. The minimum absolute atomic E-state index is 0.292. The summed E-state index contributed by atoms with van der Waals surface area (Å²) in [6, 6.07) is 8.85. The van der Waals surface area contributed by atoms with Gasteiger partial charge in [-0.15, -0.1) is 0 Å². The lowest BCUT2D eigenvalue weighted by molar-refractivity contribution is -0.114. The van der Waals surface area contributed by atoms with Crippen molar-refractivity contribution >= 4 is 5.91 Å². The molecule has 1 amide bonds. The van der Waals surface area contributed by atoms with Crippen LogP contribution in [0.25, 0.3) is 0 Å². The molecule has 0 radical (unpaired) electrons. The number of hydrogen-bond donors (Lipinski definition) is 1. The predicted octanol–water partition coefficient (Wildman–Crippen LogP) is 4.34. The quantitative estimate of drug-likeness (QED) is 0.834. The van der Waals surface area contributed by atoms with Crippen LogP contribution in [0.2, 0.25) is 0 Å². The van der Waals surface area contributed by atoms with Crippen molar-refractivity contribution in [3.8, 4) is 0 Å². The number of rotatable bonds is 6. The Labute approximate surface area is 134 Å². The van der Waals surface area contributed by atoms with E-state index < -0.39 is 0 Å². The van der Waals surface area contributed by atoms with E-state index in [9.17, 15) is 4.79 Å². The van der Waals surface area contributed by atoms with Gasteiger partial charge in [0.1, 0.15) is 0 Å². The van der Waals surface area contributed by atoms with Gasteiger partial charge in [-0.2, -0.15) is 0 Å². The monoisotopic (exact) mass is 297 g/mol.